The minimum absolute atomic E-state index is 0. The number of aliphatic carboxylic acids is 3. The maximum absolute atomic E-state index is 10.2. The molecular formula is C60H119AlO12. The van der Waals surface area contributed by atoms with Crippen molar-refractivity contribution >= 4 is 35.3 Å². The summed E-state index contributed by atoms with van der Waals surface area (Å²) in [5, 5.41) is 82.8. The number of hydrogen-bond acceptors (Lipinski definition) is 12. The van der Waals surface area contributed by atoms with Gasteiger partial charge in [-0.3, -0.25) is 0 Å². The van der Waals surface area contributed by atoms with Gasteiger partial charge in [-0.15, -0.1) is 0 Å². The topological polar surface area (TPSA) is 242 Å². The fraction of sp³-hybridized carbons (Fsp3) is 0.950. The maximum Gasteiger partial charge on any atom is 3.00 e. The van der Waals surface area contributed by atoms with Gasteiger partial charge in [-0.05, 0) is 38.5 Å². The molecule has 0 aromatic carbocycles. The molecule has 0 heterocycles. The molecule has 0 spiro atoms. The first-order valence-electron chi connectivity index (χ1n) is 30.4. The fourth-order valence-electron chi connectivity index (χ4n) is 8.59. The van der Waals surface area contributed by atoms with Crippen LogP contribution in [0.5, 0.6) is 0 Å². The average molecular weight is 1060 g/mol. The van der Waals surface area contributed by atoms with Gasteiger partial charge in [0.1, 0.15) is 24.4 Å². The summed E-state index contributed by atoms with van der Waals surface area (Å²) in [7, 11) is 0. The summed E-state index contributed by atoms with van der Waals surface area (Å²) in [4.78, 5) is 30.7. The third kappa shape index (κ3) is 77.3. The van der Waals surface area contributed by atoms with E-state index in [-0.39, 0.29) is 36.6 Å². The maximum atomic E-state index is 10.2. The molecule has 73 heavy (non-hydrogen) atoms. The van der Waals surface area contributed by atoms with Gasteiger partial charge in [0.15, 0.2) is 0 Å². The normalized spacial score (nSPS) is 12.5. The second-order valence-electron chi connectivity index (χ2n) is 20.7. The van der Waals surface area contributed by atoms with Gasteiger partial charge in [0, 0.05) is 17.9 Å². The molecule has 0 fully saturated rings. The molecule has 0 saturated carbocycles. The third-order valence-electron chi connectivity index (χ3n) is 13.5. The van der Waals surface area contributed by atoms with Crippen LogP contribution in [0.4, 0.5) is 0 Å². The summed E-state index contributed by atoms with van der Waals surface area (Å²) in [6, 6.07) is 0. The number of aliphatic hydroxyl groups is 6. The second-order valence-corrected chi connectivity index (χ2v) is 20.7. The van der Waals surface area contributed by atoms with Crippen LogP contribution in [0, 0.1) is 0 Å². The van der Waals surface area contributed by atoms with Crippen molar-refractivity contribution in [3.63, 3.8) is 0 Å². The number of carbonyl (C=O) groups is 3. The molecule has 0 bridgehead atoms. The molecule has 0 aliphatic heterocycles. The molecule has 12 nitrogen and oxygen atoms in total. The second kappa shape index (κ2) is 70.7. The van der Waals surface area contributed by atoms with E-state index in [0.717, 1.165) is 38.5 Å². The van der Waals surface area contributed by atoms with E-state index >= 15 is 0 Å². The minimum Gasteiger partial charge on any atom is -0.550 e. The van der Waals surface area contributed by atoms with Crippen molar-refractivity contribution < 1.29 is 60.3 Å². The fourth-order valence-corrected chi connectivity index (χ4v) is 8.59. The zero-order chi connectivity index (χ0) is 54.4. The predicted molar refractivity (Wildman–Crippen MR) is 298 cm³/mol. The van der Waals surface area contributed by atoms with Crippen LogP contribution in [-0.4, -0.2) is 104 Å². The zero-order valence-electron chi connectivity index (χ0n) is 47.9. The molecule has 434 valence electrons. The number of unbranched alkanes of at least 4 members (excludes halogenated alkanes) is 42. The quantitative estimate of drug-likeness (QED) is 0.0246. The SMILES string of the molecule is CCCCCCCCCCCCCCCCCC(=O)[O-].CCCCCCCCCCCCCCCCCC(=O)[O-].CCCCCCCCCCCCCCCCCC(=O)[O-].OC[C@@H](O)[C@@H](O)[C@H](O)[C@H](O)CO.[Al+3]. The van der Waals surface area contributed by atoms with Gasteiger partial charge in [0.2, 0.25) is 0 Å². The van der Waals surface area contributed by atoms with Gasteiger partial charge >= 0.3 is 17.4 Å². The van der Waals surface area contributed by atoms with Crippen LogP contribution in [0.15, 0.2) is 0 Å². The zero-order valence-corrected chi connectivity index (χ0v) is 49.0. The monoisotopic (exact) mass is 1060 g/mol. The van der Waals surface area contributed by atoms with Crippen molar-refractivity contribution in [2.75, 3.05) is 13.2 Å². The molecule has 0 rings (SSSR count). The third-order valence-corrected chi connectivity index (χ3v) is 13.5. The number of hydrogen-bond donors (Lipinski definition) is 6. The van der Waals surface area contributed by atoms with Crippen LogP contribution in [0.1, 0.15) is 329 Å². The Kier molecular flexibility index (Phi) is 78.0. The predicted octanol–water partition coefficient (Wildman–Crippen LogP) is 11.0. The van der Waals surface area contributed by atoms with Crippen molar-refractivity contribution in [2.24, 2.45) is 0 Å². The van der Waals surface area contributed by atoms with Crippen molar-refractivity contribution in [3.05, 3.63) is 0 Å². The van der Waals surface area contributed by atoms with Gasteiger partial charge in [-0.2, -0.15) is 0 Å². The first-order valence-corrected chi connectivity index (χ1v) is 30.4. The summed E-state index contributed by atoms with van der Waals surface area (Å²) < 4.78 is 0. The molecule has 0 aliphatic carbocycles. The van der Waals surface area contributed by atoms with Gasteiger partial charge < -0.3 is 60.3 Å². The van der Waals surface area contributed by atoms with Crippen LogP contribution >= 0.6 is 0 Å². The average Bonchev–Trinajstić information content (AvgIpc) is 3.36. The summed E-state index contributed by atoms with van der Waals surface area (Å²) >= 11 is 0. The van der Waals surface area contributed by atoms with E-state index in [1.807, 2.05) is 0 Å². The first-order chi connectivity index (χ1) is 34.9. The molecule has 0 aliphatic rings. The van der Waals surface area contributed by atoms with Gasteiger partial charge in [-0.1, -0.05) is 290 Å². The van der Waals surface area contributed by atoms with Crippen LogP contribution in [0.3, 0.4) is 0 Å². The Bertz CT molecular complexity index is 935. The van der Waals surface area contributed by atoms with E-state index in [1.54, 1.807) is 0 Å². The molecule has 4 atom stereocenters. The summed E-state index contributed by atoms with van der Waals surface area (Å²) in [5.74, 6) is -2.71. The van der Waals surface area contributed by atoms with Crippen molar-refractivity contribution in [3.8, 4) is 0 Å². The summed E-state index contributed by atoms with van der Waals surface area (Å²) in [5.41, 5.74) is 0. The van der Waals surface area contributed by atoms with Crippen molar-refractivity contribution in [1.82, 2.24) is 0 Å². The van der Waals surface area contributed by atoms with Gasteiger partial charge in [0.25, 0.3) is 0 Å². The Balaban J connectivity index is -0.000000285. The molecule has 0 aromatic rings. The van der Waals surface area contributed by atoms with Gasteiger partial charge in [-0.25, -0.2) is 0 Å². The standard InChI is InChI=1S/3C18H36O2.C6H14O6.Al/c3*1-2-3-4-5-6-7-8-9-10-11-12-13-14-15-16-17-18(19)20;7-1-3(9)5(11)6(12)4(10)2-8;/h3*2-17H2,1H3,(H,19,20);3-12H,1-2H2;/q;;;;+3/p-3/t;;;3-,4-,5-,6-;/m...1./s1. The summed E-state index contributed by atoms with van der Waals surface area (Å²) in [6.07, 6.45) is 53.2. The van der Waals surface area contributed by atoms with E-state index < -0.39 is 55.5 Å². The molecule has 0 aromatic heterocycles. The Morgan fingerprint density at radius 2 is 0.397 bits per heavy atom. The van der Waals surface area contributed by atoms with Crippen LogP contribution < -0.4 is 15.3 Å². The number of aliphatic hydroxyl groups excluding tert-OH is 6. The van der Waals surface area contributed by atoms with E-state index in [9.17, 15) is 29.7 Å². The van der Waals surface area contributed by atoms with E-state index in [4.69, 9.17) is 30.6 Å². The molecule has 0 amide bonds. The Morgan fingerprint density at radius 1 is 0.274 bits per heavy atom. The Hall–Kier alpha value is -1.30. The van der Waals surface area contributed by atoms with Crippen LogP contribution in [0.2, 0.25) is 0 Å². The largest absolute Gasteiger partial charge is 3.00 e. The molecule has 6 N–H and O–H groups in total. The Labute approximate surface area is 460 Å². The molecule has 0 unspecified atom stereocenters. The van der Waals surface area contributed by atoms with E-state index in [1.165, 1.54) is 250 Å². The first kappa shape index (κ1) is 80.6. The van der Waals surface area contributed by atoms with Crippen LogP contribution in [-0.2, 0) is 14.4 Å². The van der Waals surface area contributed by atoms with Crippen molar-refractivity contribution in [2.45, 2.75) is 353 Å². The van der Waals surface area contributed by atoms with Crippen molar-refractivity contribution in [1.29, 1.82) is 0 Å². The van der Waals surface area contributed by atoms with Gasteiger partial charge in [0.05, 0.1) is 13.2 Å². The molecule has 13 heteroatoms. The summed E-state index contributed by atoms with van der Waals surface area (Å²) in [6.45, 7) is 5.35. The molecule has 0 radical (unpaired) electrons. The number of carboxylic acid groups (broad SMARTS) is 3. The number of carboxylic acids is 3. The van der Waals surface area contributed by atoms with Crippen LogP contribution in [0.25, 0.3) is 0 Å². The molecular weight excluding hydrogens is 940 g/mol. The molecule has 0 saturated heterocycles. The number of carbonyl (C=O) groups excluding carboxylic acids is 3. The minimum atomic E-state index is -1.67. The number of rotatable bonds is 53. The Morgan fingerprint density at radius 3 is 0.507 bits per heavy atom. The van der Waals surface area contributed by atoms with E-state index in [0.29, 0.717) is 0 Å². The van der Waals surface area contributed by atoms with E-state index in [2.05, 4.69) is 20.8 Å². The smallest absolute Gasteiger partial charge is 0.550 e.